The van der Waals surface area contributed by atoms with Gasteiger partial charge in [0.1, 0.15) is 0 Å². The van der Waals surface area contributed by atoms with Crippen molar-refractivity contribution in [1.29, 1.82) is 0 Å². The number of carbonyl (C=O) groups excluding carboxylic acids is 2. The molecule has 0 unspecified atom stereocenters. The van der Waals surface area contributed by atoms with Crippen molar-refractivity contribution in [2.24, 2.45) is 5.41 Å². The molecule has 0 saturated carbocycles. The average Bonchev–Trinajstić information content (AvgIpc) is 3.09. The van der Waals surface area contributed by atoms with Crippen molar-refractivity contribution < 1.29 is 14.3 Å². The lowest BCUT2D eigenvalue weighted by Gasteiger charge is -2.37. The zero-order valence-electron chi connectivity index (χ0n) is 13.5. The molecular weight excluding hydrogens is 314 g/mol. The number of hydrogen-bond donors (Lipinski definition) is 3. The molecule has 7 heteroatoms. The van der Waals surface area contributed by atoms with Crippen molar-refractivity contribution in [3.8, 4) is 0 Å². The first-order valence-corrected chi connectivity index (χ1v) is 8.81. The normalized spacial score (nSPS) is 16.7. The van der Waals surface area contributed by atoms with Gasteiger partial charge in [0.05, 0.1) is 11.5 Å². The van der Waals surface area contributed by atoms with Crippen LogP contribution in [-0.2, 0) is 9.53 Å². The van der Waals surface area contributed by atoms with Crippen molar-refractivity contribution >= 4 is 23.2 Å². The van der Waals surface area contributed by atoms with E-state index in [4.69, 9.17) is 4.74 Å². The molecule has 1 saturated heterocycles. The van der Waals surface area contributed by atoms with Crippen molar-refractivity contribution in [2.75, 3.05) is 39.9 Å². The van der Waals surface area contributed by atoms with Crippen LogP contribution in [0.2, 0.25) is 0 Å². The van der Waals surface area contributed by atoms with E-state index in [1.54, 1.807) is 13.2 Å². The van der Waals surface area contributed by atoms with Crippen LogP contribution in [-0.4, -0.2) is 51.7 Å². The smallest absolute Gasteiger partial charge is 0.261 e. The summed E-state index contributed by atoms with van der Waals surface area (Å²) in [5.74, 6) is -0.160. The molecule has 1 aromatic rings. The number of methoxy groups -OCH3 is 1. The lowest BCUT2D eigenvalue weighted by atomic mass is 9.79. The maximum absolute atomic E-state index is 12.0. The third-order valence-corrected chi connectivity index (χ3v) is 5.03. The van der Waals surface area contributed by atoms with E-state index in [0.717, 1.165) is 25.9 Å². The maximum Gasteiger partial charge on any atom is 0.261 e. The van der Waals surface area contributed by atoms with Gasteiger partial charge in [0.2, 0.25) is 5.91 Å². The molecule has 0 aromatic carbocycles. The van der Waals surface area contributed by atoms with E-state index in [0.29, 0.717) is 31.0 Å². The van der Waals surface area contributed by atoms with Gasteiger partial charge in [-0.2, -0.15) is 0 Å². The fourth-order valence-electron chi connectivity index (χ4n) is 2.79. The summed E-state index contributed by atoms with van der Waals surface area (Å²) in [4.78, 5) is 24.4. The molecule has 1 aromatic heterocycles. The molecule has 1 fully saturated rings. The minimum atomic E-state index is -0.123. The fraction of sp³-hybridized carbons (Fsp3) is 0.625. The molecular formula is C16H25N3O3S. The van der Waals surface area contributed by atoms with E-state index >= 15 is 0 Å². The third kappa shape index (κ3) is 5.60. The predicted molar refractivity (Wildman–Crippen MR) is 90.7 cm³/mol. The molecule has 6 nitrogen and oxygen atoms in total. The van der Waals surface area contributed by atoms with Gasteiger partial charge in [-0.3, -0.25) is 9.59 Å². The minimum absolute atomic E-state index is 0.0237. The van der Waals surface area contributed by atoms with E-state index in [9.17, 15) is 9.59 Å². The predicted octanol–water partition coefficient (Wildman–Crippen LogP) is 1.00. The van der Waals surface area contributed by atoms with Crippen LogP contribution in [0.5, 0.6) is 0 Å². The van der Waals surface area contributed by atoms with Gasteiger partial charge in [-0.15, -0.1) is 11.3 Å². The summed E-state index contributed by atoms with van der Waals surface area (Å²) in [6.07, 6.45) is 2.28. The lowest BCUT2D eigenvalue weighted by molar-refractivity contribution is -0.121. The quantitative estimate of drug-likeness (QED) is 0.660. The summed E-state index contributed by atoms with van der Waals surface area (Å²) in [7, 11) is 1.70. The highest BCUT2D eigenvalue weighted by atomic mass is 32.1. The van der Waals surface area contributed by atoms with Crippen LogP contribution < -0.4 is 16.0 Å². The Hall–Kier alpha value is -1.44. The first kappa shape index (κ1) is 17.9. The first-order valence-electron chi connectivity index (χ1n) is 7.93. The molecule has 128 valence electrons. The van der Waals surface area contributed by atoms with Gasteiger partial charge in [0.15, 0.2) is 0 Å². The molecule has 23 heavy (non-hydrogen) atoms. The van der Waals surface area contributed by atoms with E-state index < -0.39 is 0 Å². The average molecular weight is 339 g/mol. The third-order valence-electron chi connectivity index (χ3n) is 4.16. The highest BCUT2D eigenvalue weighted by Crippen LogP contribution is 2.28. The topological polar surface area (TPSA) is 79.5 Å². The molecule has 0 atom stereocenters. The SMILES string of the molecule is COCC1(CNC(=O)CCNC(=O)c2cccs2)CCNCC1. The summed E-state index contributed by atoms with van der Waals surface area (Å²) in [5.41, 5.74) is 0.0237. The number of amides is 2. The minimum Gasteiger partial charge on any atom is -0.384 e. The van der Waals surface area contributed by atoms with Crippen LogP contribution in [0.3, 0.4) is 0 Å². The zero-order chi connectivity index (χ0) is 16.5. The molecule has 2 amide bonds. The van der Waals surface area contributed by atoms with Gasteiger partial charge in [0.25, 0.3) is 5.91 Å². The Morgan fingerprint density at radius 2 is 2.13 bits per heavy atom. The molecule has 0 aliphatic carbocycles. The molecule has 1 aliphatic heterocycles. The van der Waals surface area contributed by atoms with Gasteiger partial charge in [-0.25, -0.2) is 0 Å². The summed E-state index contributed by atoms with van der Waals surface area (Å²) in [6.45, 7) is 3.54. The Morgan fingerprint density at radius 1 is 1.35 bits per heavy atom. The Labute approximate surface area is 141 Å². The van der Waals surface area contributed by atoms with E-state index in [-0.39, 0.29) is 17.2 Å². The fourth-order valence-corrected chi connectivity index (χ4v) is 3.43. The number of ether oxygens (including phenoxy) is 1. The van der Waals surface area contributed by atoms with Gasteiger partial charge in [-0.05, 0) is 37.4 Å². The van der Waals surface area contributed by atoms with Crippen LogP contribution in [0.4, 0.5) is 0 Å². The monoisotopic (exact) mass is 339 g/mol. The van der Waals surface area contributed by atoms with E-state index in [2.05, 4.69) is 16.0 Å². The standard InChI is InChI=1S/C16H25N3O3S/c1-22-12-16(5-8-17-9-6-16)11-19-14(20)4-7-18-15(21)13-3-2-10-23-13/h2-3,10,17H,4-9,11-12H2,1H3,(H,18,21)(H,19,20). The molecule has 0 bridgehead atoms. The van der Waals surface area contributed by atoms with Gasteiger partial charge in [-0.1, -0.05) is 6.07 Å². The Balaban J connectivity index is 1.68. The molecule has 2 heterocycles. The number of piperidine rings is 1. The van der Waals surface area contributed by atoms with Crippen LogP contribution >= 0.6 is 11.3 Å². The lowest BCUT2D eigenvalue weighted by Crippen LogP contribution is -2.47. The van der Waals surface area contributed by atoms with E-state index in [1.165, 1.54) is 11.3 Å². The number of thiophene rings is 1. The van der Waals surface area contributed by atoms with Crippen LogP contribution in [0.25, 0.3) is 0 Å². The summed E-state index contributed by atoms with van der Waals surface area (Å²) < 4.78 is 5.34. The summed E-state index contributed by atoms with van der Waals surface area (Å²) in [5, 5.41) is 10.9. The molecule has 1 aliphatic rings. The Kier molecular flexibility index (Phi) is 7.01. The van der Waals surface area contributed by atoms with E-state index in [1.807, 2.05) is 11.4 Å². The van der Waals surface area contributed by atoms with Crippen molar-refractivity contribution in [3.63, 3.8) is 0 Å². The largest absolute Gasteiger partial charge is 0.384 e. The molecule has 2 rings (SSSR count). The molecule has 0 spiro atoms. The van der Waals surface area contributed by atoms with Crippen LogP contribution in [0.1, 0.15) is 28.9 Å². The van der Waals surface area contributed by atoms with Crippen LogP contribution in [0.15, 0.2) is 17.5 Å². The van der Waals surface area contributed by atoms with Crippen molar-refractivity contribution in [2.45, 2.75) is 19.3 Å². The Bertz CT molecular complexity index is 493. The van der Waals surface area contributed by atoms with Gasteiger partial charge < -0.3 is 20.7 Å². The molecule has 0 radical (unpaired) electrons. The number of hydrogen-bond acceptors (Lipinski definition) is 5. The second-order valence-electron chi connectivity index (χ2n) is 5.94. The highest BCUT2D eigenvalue weighted by Gasteiger charge is 2.32. The van der Waals surface area contributed by atoms with Gasteiger partial charge in [0, 0.05) is 32.0 Å². The number of rotatable bonds is 8. The van der Waals surface area contributed by atoms with Crippen molar-refractivity contribution in [3.05, 3.63) is 22.4 Å². The Morgan fingerprint density at radius 3 is 2.78 bits per heavy atom. The second-order valence-corrected chi connectivity index (χ2v) is 6.89. The zero-order valence-corrected chi connectivity index (χ0v) is 14.3. The van der Waals surface area contributed by atoms with Gasteiger partial charge >= 0.3 is 0 Å². The number of carbonyl (C=O) groups is 2. The highest BCUT2D eigenvalue weighted by molar-refractivity contribution is 7.12. The maximum atomic E-state index is 12.0. The molecule has 3 N–H and O–H groups in total. The summed E-state index contributed by atoms with van der Waals surface area (Å²) in [6, 6.07) is 3.60. The number of nitrogens with one attached hydrogen (secondary N) is 3. The second kappa shape index (κ2) is 9.00. The first-order chi connectivity index (χ1) is 11.2. The summed E-state index contributed by atoms with van der Waals surface area (Å²) >= 11 is 1.39. The van der Waals surface area contributed by atoms with Crippen molar-refractivity contribution in [1.82, 2.24) is 16.0 Å². The van der Waals surface area contributed by atoms with Crippen LogP contribution in [0, 0.1) is 5.41 Å².